The van der Waals surface area contributed by atoms with Crippen LogP contribution in [0.3, 0.4) is 0 Å². The largest absolute Gasteiger partial charge is 0.478 e. The van der Waals surface area contributed by atoms with Crippen LogP contribution in [0.25, 0.3) is 0 Å². The molecule has 0 heterocycles. The normalized spacial score (nSPS) is 10.6. The predicted molar refractivity (Wildman–Crippen MR) is 77.7 cm³/mol. The molecular weight excluding hydrogens is 256 g/mol. The molecule has 5 heteroatoms. The third-order valence-electron chi connectivity index (χ3n) is 3.00. The summed E-state index contributed by atoms with van der Waals surface area (Å²) in [6, 6.07) is 6.78. The van der Waals surface area contributed by atoms with Crippen molar-refractivity contribution < 1.29 is 14.7 Å². The maximum absolute atomic E-state index is 11.8. The van der Waals surface area contributed by atoms with Crippen molar-refractivity contribution in [3.8, 4) is 0 Å². The number of likely N-dealkylation sites (N-methyl/N-ethyl adjacent to an activating group) is 1. The third-order valence-corrected chi connectivity index (χ3v) is 3.00. The monoisotopic (exact) mass is 278 g/mol. The minimum atomic E-state index is -0.926. The van der Waals surface area contributed by atoms with Crippen LogP contribution in [0.15, 0.2) is 24.3 Å². The first-order valence-electron chi connectivity index (χ1n) is 6.68. The van der Waals surface area contributed by atoms with Gasteiger partial charge in [-0.1, -0.05) is 19.1 Å². The average molecular weight is 278 g/mol. The van der Waals surface area contributed by atoms with Gasteiger partial charge in [-0.3, -0.25) is 9.69 Å². The van der Waals surface area contributed by atoms with Gasteiger partial charge in [-0.25, -0.2) is 4.79 Å². The Balaban J connectivity index is 2.69. The highest BCUT2D eigenvalue weighted by Gasteiger charge is 2.12. The topological polar surface area (TPSA) is 60.9 Å². The molecule has 0 aliphatic rings. The van der Waals surface area contributed by atoms with Gasteiger partial charge in [-0.05, 0) is 30.7 Å². The van der Waals surface area contributed by atoms with Crippen molar-refractivity contribution in [1.29, 1.82) is 0 Å². The zero-order valence-electron chi connectivity index (χ0n) is 12.3. The van der Waals surface area contributed by atoms with Crippen LogP contribution in [-0.2, 0) is 11.3 Å². The molecular formula is C15H22N2O3. The zero-order chi connectivity index (χ0) is 15.1. The number of carboxylic acids is 1. The van der Waals surface area contributed by atoms with Gasteiger partial charge in [0.1, 0.15) is 0 Å². The van der Waals surface area contributed by atoms with E-state index in [1.54, 1.807) is 43.3 Å². The van der Waals surface area contributed by atoms with E-state index in [1.165, 1.54) is 0 Å². The first kappa shape index (κ1) is 16.2. The van der Waals surface area contributed by atoms with Gasteiger partial charge in [0, 0.05) is 20.6 Å². The predicted octanol–water partition coefficient (Wildman–Crippen LogP) is 1.68. The summed E-state index contributed by atoms with van der Waals surface area (Å²) in [5, 5.41) is 8.86. The van der Waals surface area contributed by atoms with Gasteiger partial charge in [0.05, 0.1) is 12.1 Å². The number of aromatic carboxylic acids is 1. The van der Waals surface area contributed by atoms with Crippen molar-refractivity contribution in [3.05, 3.63) is 35.4 Å². The van der Waals surface area contributed by atoms with Crippen LogP contribution >= 0.6 is 0 Å². The molecule has 0 atom stereocenters. The lowest BCUT2D eigenvalue weighted by Gasteiger charge is -2.23. The summed E-state index contributed by atoms with van der Waals surface area (Å²) in [5.74, 6) is -0.856. The van der Waals surface area contributed by atoms with E-state index in [2.05, 4.69) is 11.8 Å². The number of hydrogen-bond acceptors (Lipinski definition) is 3. The van der Waals surface area contributed by atoms with Crippen LogP contribution in [0.2, 0.25) is 0 Å². The standard InChI is InChI=1S/C15H22N2O3/c1-4-9-17(11-14(18)16(2)3)10-12-5-7-13(8-6-12)15(19)20/h5-8H,4,9-11H2,1-3H3,(H,19,20). The van der Waals surface area contributed by atoms with Gasteiger partial charge in [0.15, 0.2) is 0 Å². The summed E-state index contributed by atoms with van der Waals surface area (Å²) in [6.45, 7) is 3.93. The molecule has 110 valence electrons. The molecule has 0 aliphatic heterocycles. The van der Waals surface area contributed by atoms with Crippen LogP contribution < -0.4 is 0 Å². The van der Waals surface area contributed by atoms with Crippen molar-refractivity contribution in [2.75, 3.05) is 27.2 Å². The van der Waals surface area contributed by atoms with Gasteiger partial charge in [-0.2, -0.15) is 0 Å². The number of carbonyl (C=O) groups is 2. The molecule has 0 saturated heterocycles. The second kappa shape index (κ2) is 7.65. The van der Waals surface area contributed by atoms with Crippen LogP contribution in [0.1, 0.15) is 29.3 Å². The van der Waals surface area contributed by atoms with Gasteiger partial charge in [0.2, 0.25) is 5.91 Å². The summed E-state index contributed by atoms with van der Waals surface area (Å²) in [7, 11) is 3.49. The number of hydrogen-bond donors (Lipinski definition) is 1. The van der Waals surface area contributed by atoms with E-state index in [0.29, 0.717) is 13.1 Å². The Hall–Kier alpha value is -1.88. The second-order valence-corrected chi connectivity index (χ2v) is 5.00. The van der Waals surface area contributed by atoms with Crippen molar-refractivity contribution in [2.45, 2.75) is 19.9 Å². The van der Waals surface area contributed by atoms with E-state index in [9.17, 15) is 9.59 Å². The molecule has 1 aromatic rings. The maximum atomic E-state index is 11.8. The molecule has 0 unspecified atom stereocenters. The van der Waals surface area contributed by atoms with Crippen molar-refractivity contribution in [2.24, 2.45) is 0 Å². The maximum Gasteiger partial charge on any atom is 0.335 e. The molecule has 0 aromatic heterocycles. The van der Waals surface area contributed by atoms with E-state index in [1.807, 2.05) is 0 Å². The fourth-order valence-corrected chi connectivity index (χ4v) is 1.87. The molecule has 0 saturated carbocycles. The average Bonchev–Trinajstić information content (AvgIpc) is 2.39. The van der Waals surface area contributed by atoms with E-state index in [4.69, 9.17) is 5.11 Å². The Bertz CT molecular complexity index is 455. The van der Waals surface area contributed by atoms with E-state index in [-0.39, 0.29) is 11.5 Å². The molecule has 0 bridgehead atoms. The number of rotatable bonds is 7. The zero-order valence-corrected chi connectivity index (χ0v) is 12.3. The molecule has 5 nitrogen and oxygen atoms in total. The summed E-state index contributed by atoms with van der Waals surface area (Å²) in [4.78, 5) is 26.2. The van der Waals surface area contributed by atoms with Crippen LogP contribution in [0.4, 0.5) is 0 Å². The summed E-state index contributed by atoms with van der Waals surface area (Å²) >= 11 is 0. The lowest BCUT2D eigenvalue weighted by molar-refractivity contribution is -0.130. The first-order valence-corrected chi connectivity index (χ1v) is 6.68. The molecule has 0 radical (unpaired) electrons. The molecule has 1 rings (SSSR count). The summed E-state index contributed by atoms with van der Waals surface area (Å²) < 4.78 is 0. The number of carbonyl (C=O) groups excluding carboxylic acids is 1. The smallest absolute Gasteiger partial charge is 0.335 e. The first-order chi connectivity index (χ1) is 9.43. The fraction of sp³-hybridized carbons (Fsp3) is 0.467. The molecule has 0 aliphatic carbocycles. The highest BCUT2D eigenvalue weighted by atomic mass is 16.4. The lowest BCUT2D eigenvalue weighted by atomic mass is 10.1. The Morgan fingerprint density at radius 1 is 1.15 bits per heavy atom. The summed E-state index contributed by atoms with van der Waals surface area (Å²) in [5.41, 5.74) is 1.29. The van der Waals surface area contributed by atoms with Gasteiger partial charge in [-0.15, -0.1) is 0 Å². The third kappa shape index (κ3) is 5.01. The molecule has 1 N–H and O–H groups in total. The lowest BCUT2D eigenvalue weighted by Crippen LogP contribution is -2.36. The Morgan fingerprint density at radius 2 is 1.75 bits per heavy atom. The Labute approximate surface area is 119 Å². The Morgan fingerprint density at radius 3 is 2.20 bits per heavy atom. The van der Waals surface area contributed by atoms with Crippen molar-refractivity contribution in [3.63, 3.8) is 0 Å². The highest BCUT2D eigenvalue weighted by molar-refractivity contribution is 5.87. The minimum absolute atomic E-state index is 0.0700. The van der Waals surface area contributed by atoms with Gasteiger partial charge < -0.3 is 10.0 Å². The molecule has 0 spiro atoms. The van der Waals surface area contributed by atoms with Crippen LogP contribution in [0, 0.1) is 0 Å². The number of carboxylic acid groups (broad SMARTS) is 1. The summed E-state index contributed by atoms with van der Waals surface area (Å²) in [6.07, 6.45) is 0.966. The van der Waals surface area contributed by atoms with Crippen LogP contribution in [-0.4, -0.2) is 54.0 Å². The van der Waals surface area contributed by atoms with Gasteiger partial charge >= 0.3 is 5.97 Å². The molecule has 0 fully saturated rings. The molecule has 1 aromatic carbocycles. The number of amides is 1. The molecule has 20 heavy (non-hydrogen) atoms. The minimum Gasteiger partial charge on any atom is -0.478 e. The van der Waals surface area contributed by atoms with Gasteiger partial charge in [0.25, 0.3) is 0 Å². The van der Waals surface area contributed by atoms with Crippen LogP contribution in [0.5, 0.6) is 0 Å². The van der Waals surface area contributed by atoms with Crippen molar-refractivity contribution >= 4 is 11.9 Å². The highest BCUT2D eigenvalue weighted by Crippen LogP contribution is 2.08. The number of nitrogens with zero attached hydrogens (tertiary/aromatic N) is 2. The van der Waals surface area contributed by atoms with E-state index >= 15 is 0 Å². The van der Waals surface area contributed by atoms with E-state index in [0.717, 1.165) is 18.5 Å². The second-order valence-electron chi connectivity index (χ2n) is 5.00. The molecule has 1 amide bonds. The van der Waals surface area contributed by atoms with E-state index < -0.39 is 5.97 Å². The quantitative estimate of drug-likeness (QED) is 0.824. The van der Waals surface area contributed by atoms with Crippen molar-refractivity contribution in [1.82, 2.24) is 9.80 Å². The number of benzene rings is 1. The SMILES string of the molecule is CCCN(CC(=O)N(C)C)Cc1ccc(C(=O)O)cc1. The fourth-order valence-electron chi connectivity index (χ4n) is 1.87. The Kier molecular flexibility index (Phi) is 6.18.